The first-order chi connectivity index (χ1) is 11.2. The van der Waals surface area contributed by atoms with E-state index in [0.29, 0.717) is 0 Å². The second-order valence-corrected chi connectivity index (χ2v) is 7.46. The minimum Gasteiger partial charge on any atom is -0.462 e. The van der Waals surface area contributed by atoms with Crippen molar-refractivity contribution < 1.29 is 28.7 Å². The van der Waals surface area contributed by atoms with Crippen molar-refractivity contribution in [1.82, 2.24) is 10.2 Å². The fraction of sp³-hybridized carbons (Fsp3) is 0.600. The average molecular weight is 405 g/mol. The maximum Gasteiger partial charge on any atom is 0.322 e. The summed E-state index contributed by atoms with van der Waals surface area (Å²) in [4.78, 5) is 46.6. The van der Waals surface area contributed by atoms with E-state index in [1.54, 1.807) is 13.8 Å². The quantitative estimate of drug-likeness (QED) is 0.240. The van der Waals surface area contributed by atoms with Crippen molar-refractivity contribution in [1.29, 1.82) is 0 Å². The number of halogens is 1. The molecular formula is C15H21BrN2O6. The number of imide groups is 1. The number of carbonyl (C=O) groups is 4. The summed E-state index contributed by atoms with van der Waals surface area (Å²) in [5, 5.41) is 2.61. The predicted molar refractivity (Wildman–Crippen MR) is 88.3 cm³/mol. The Hall–Kier alpha value is -1.74. The number of carbonyl (C=O) groups excluding carboxylic acids is 4. The Morgan fingerprint density at radius 2 is 1.79 bits per heavy atom. The molecule has 24 heavy (non-hydrogen) atoms. The molecule has 0 spiro atoms. The summed E-state index contributed by atoms with van der Waals surface area (Å²) in [6.07, 6.45) is 2.40. The van der Waals surface area contributed by atoms with Crippen LogP contribution in [0.3, 0.4) is 0 Å². The van der Waals surface area contributed by atoms with Crippen LogP contribution in [-0.4, -0.2) is 65.8 Å². The van der Waals surface area contributed by atoms with Crippen molar-refractivity contribution >= 4 is 39.6 Å². The number of rotatable bonds is 10. The number of nitrogens with one attached hydrogen (secondary N) is 1. The Balaban J connectivity index is 2.01. The second-order valence-electron chi connectivity index (χ2n) is 5.48. The van der Waals surface area contributed by atoms with Crippen LogP contribution in [-0.2, 0) is 28.7 Å². The second kappa shape index (κ2) is 9.53. The van der Waals surface area contributed by atoms with Crippen molar-refractivity contribution in [2.24, 2.45) is 0 Å². The molecule has 0 saturated heterocycles. The lowest BCUT2D eigenvalue weighted by Gasteiger charge is -2.15. The third kappa shape index (κ3) is 7.22. The maximum atomic E-state index is 11.6. The largest absolute Gasteiger partial charge is 0.462 e. The van der Waals surface area contributed by atoms with Crippen LogP contribution in [0.15, 0.2) is 12.2 Å². The zero-order chi connectivity index (χ0) is 18.2. The number of ether oxygens (including phenoxy) is 2. The molecule has 0 aromatic rings. The van der Waals surface area contributed by atoms with E-state index in [9.17, 15) is 19.2 Å². The van der Waals surface area contributed by atoms with Gasteiger partial charge in [-0.25, -0.2) is 0 Å². The standard InChI is InChI=1S/C15H21BrN2O6/c1-15(2,16)14(22)24-10-9-23-8-6-17-11(19)5-7-18-12(20)3-4-13(18)21/h3-4H,5-10H2,1-2H3,(H,17,19). The van der Waals surface area contributed by atoms with Gasteiger partial charge in [-0.2, -0.15) is 0 Å². The smallest absolute Gasteiger partial charge is 0.322 e. The minimum absolute atomic E-state index is 0.0388. The summed E-state index contributed by atoms with van der Waals surface area (Å²) >= 11 is 3.19. The molecule has 0 bridgehead atoms. The molecule has 1 heterocycles. The van der Waals surface area contributed by atoms with Crippen LogP contribution in [0.2, 0.25) is 0 Å². The van der Waals surface area contributed by atoms with Crippen LogP contribution in [0.5, 0.6) is 0 Å². The van der Waals surface area contributed by atoms with Crippen LogP contribution >= 0.6 is 15.9 Å². The van der Waals surface area contributed by atoms with Crippen molar-refractivity contribution in [2.45, 2.75) is 24.6 Å². The average Bonchev–Trinajstić information content (AvgIpc) is 2.81. The molecule has 0 unspecified atom stereocenters. The van der Waals surface area contributed by atoms with Gasteiger partial charge in [-0.1, -0.05) is 15.9 Å². The van der Waals surface area contributed by atoms with E-state index >= 15 is 0 Å². The first kappa shape index (κ1) is 20.3. The molecule has 0 aliphatic carbocycles. The molecule has 9 heteroatoms. The number of amides is 3. The Labute approximate surface area is 148 Å². The molecule has 0 radical (unpaired) electrons. The Bertz CT molecular complexity index is 509. The molecule has 0 aromatic heterocycles. The van der Waals surface area contributed by atoms with Gasteiger partial charge in [-0.05, 0) is 13.8 Å². The van der Waals surface area contributed by atoms with Gasteiger partial charge in [-0.3, -0.25) is 24.1 Å². The van der Waals surface area contributed by atoms with Gasteiger partial charge in [0.05, 0.1) is 13.2 Å². The predicted octanol–water partition coefficient (Wildman–Crippen LogP) is 0.151. The van der Waals surface area contributed by atoms with Crippen LogP contribution in [0.25, 0.3) is 0 Å². The van der Waals surface area contributed by atoms with Gasteiger partial charge in [0.2, 0.25) is 5.91 Å². The number of alkyl halides is 1. The van der Waals surface area contributed by atoms with Crippen molar-refractivity contribution in [3.05, 3.63) is 12.2 Å². The van der Waals surface area contributed by atoms with Crippen LogP contribution < -0.4 is 5.32 Å². The summed E-state index contributed by atoms with van der Waals surface area (Å²) < 4.78 is 9.47. The lowest BCUT2D eigenvalue weighted by atomic mass is 10.2. The van der Waals surface area contributed by atoms with E-state index < -0.39 is 16.1 Å². The highest BCUT2D eigenvalue weighted by atomic mass is 79.9. The molecule has 0 saturated carbocycles. The minimum atomic E-state index is -0.728. The van der Waals surface area contributed by atoms with Crippen LogP contribution in [0.1, 0.15) is 20.3 Å². The van der Waals surface area contributed by atoms with Crippen molar-refractivity contribution in [2.75, 3.05) is 32.9 Å². The fourth-order valence-electron chi connectivity index (χ4n) is 1.68. The maximum absolute atomic E-state index is 11.6. The lowest BCUT2D eigenvalue weighted by molar-refractivity contribution is -0.147. The molecule has 1 N–H and O–H groups in total. The fourth-order valence-corrected chi connectivity index (χ4v) is 1.80. The Morgan fingerprint density at radius 1 is 1.17 bits per heavy atom. The summed E-state index contributed by atoms with van der Waals surface area (Å²) in [5.74, 6) is -1.46. The monoisotopic (exact) mass is 404 g/mol. The van der Waals surface area contributed by atoms with E-state index in [1.165, 1.54) is 12.2 Å². The third-order valence-corrected chi connectivity index (χ3v) is 3.30. The highest BCUT2D eigenvalue weighted by Crippen LogP contribution is 2.17. The topological polar surface area (TPSA) is 102 Å². The molecule has 1 aliphatic heterocycles. The number of esters is 1. The van der Waals surface area contributed by atoms with E-state index in [0.717, 1.165) is 4.90 Å². The SMILES string of the molecule is CC(C)(Br)C(=O)OCCOCCNC(=O)CCN1C(=O)C=CC1=O. The first-order valence-corrected chi connectivity index (χ1v) is 8.25. The first-order valence-electron chi connectivity index (χ1n) is 7.46. The summed E-state index contributed by atoms with van der Waals surface area (Å²) in [7, 11) is 0. The number of hydrogen-bond donors (Lipinski definition) is 1. The summed E-state index contributed by atoms with van der Waals surface area (Å²) in [6, 6.07) is 0. The molecule has 3 amide bonds. The molecule has 8 nitrogen and oxygen atoms in total. The molecule has 1 aliphatic rings. The zero-order valence-corrected chi connectivity index (χ0v) is 15.3. The van der Waals surface area contributed by atoms with Gasteiger partial charge >= 0.3 is 5.97 Å². The van der Waals surface area contributed by atoms with Gasteiger partial charge < -0.3 is 14.8 Å². The molecule has 0 atom stereocenters. The molecular weight excluding hydrogens is 384 g/mol. The van der Waals surface area contributed by atoms with Gasteiger partial charge in [0, 0.05) is 31.7 Å². The molecule has 1 rings (SSSR count). The van der Waals surface area contributed by atoms with E-state index in [-0.39, 0.29) is 51.2 Å². The lowest BCUT2D eigenvalue weighted by Crippen LogP contribution is -2.35. The van der Waals surface area contributed by atoms with Gasteiger partial charge in [-0.15, -0.1) is 0 Å². The molecule has 0 fully saturated rings. The summed E-state index contributed by atoms with van der Waals surface area (Å²) in [5.41, 5.74) is 0. The third-order valence-electron chi connectivity index (χ3n) is 2.98. The van der Waals surface area contributed by atoms with Crippen molar-refractivity contribution in [3.63, 3.8) is 0 Å². The molecule has 134 valence electrons. The van der Waals surface area contributed by atoms with Crippen molar-refractivity contribution in [3.8, 4) is 0 Å². The van der Waals surface area contributed by atoms with Gasteiger partial charge in [0.15, 0.2) is 0 Å². The van der Waals surface area contributed by atoms with Crippen LogP contribution in [0, 0.1) is 0 Å². The number of hydrogen-bond acceptors (Lipinski definition) is 6. The van der Waals surface area contributed by atoms with E-state index in [1.807, 2.05) is 0 Å². The Morgan fingerprint density at radius 3 is 2.38 bits per heavy atom. The zero-order valence-electron chi connectivity index (χ0n) is 13.7. The van der Waals surface area contributed by atoms with Crippen LogP contribution in [0.4, 0.5) is 0 Å². The number of nitrogens with zero attached hydrogens (tertiary/aromatic N) is 1. The van der Waals surface area contributed by atoms with E-state index in [4.69, 9.17) is 9.47 Å². The highest BCUT2D eigenvalue weighted by molar-refractivity contribution is 9.10. The van der Waals surface area contributed by atoms with Gasteiger partial charge in [0.25, 0.3) is 11.8 Å². The molecule has 0 aromatic carbocycles. The Kier molecular flexibility index (Phi) is 8.06. The normalized spacial score (nSPS) is 14.2. The summed E-state index contributed by atoms with van der Waals surface area (Å²) in [6.45, 7) is 4.34. The highest BCUT2D eigenvalue weighted by Gasteiger charge is 2.25. The van der Waals surface area contributed by atoms with Gasteiger partial charge in [0.1, 0.15) is 10.9 Å². The van der Waals surface area contributed by atoms with E-state index in [2.05, 4.69) is 21.2 Å².